The van der Waals surface area contributed by atoms with Crippen LogP contribution in [0.2, 0.25) is 0 Å². The van der Waals surface area contributed by atoms with E-state index in [2.05, 4.69) is 0 Å². The average Bonchev–Trinajstić information content (AvgIpc) is 3.60. The number of amides is 5. The summed E-state index contributed by atoms with van der Waals surface area (Å²) >= 11 is 0. The van der Waals surface area contributed by atoms with E-state index < -0.39 is 41.7 Å². The van der Waals surface area contributed by atoms with E-state index in [1.165, 1.54) is 12.1 Å². The summed E-state index contributed by atoms with van der Waals surface area (Å²) in [5.74, 6) is -3.18. The second-order valence-electron chi connectivity index (χ2n) is 11.0. The third-order valence-corrected chi connectivity index (χ3v) is 8.56. The summed E-state index contributed by atoms with van der Waals surface area (Å²) in [5.41, 5.74) is 1.86. The minimum Gasteiger partial charge on any atom is -0.457 e. The molecule has 0 N–H and O–H groups in total. The van der Waals surface area contributed by atoms with Crippen molar-refractivity contribution in [3.05, 3.63) is 124 Å². The Hall–Kier alpha value is -6.10. The maximum absolute atomic E-state index is 14.4. The van der Waals surface area contributed by atoms with Gasteiger partial charge in [0.05, 0.1) is 11.1 Å². The van der Waals surface area contributed by atoms with Crippen molar-refractivity contribution in [1.29, 1.82) is 0 Å². The molecule has 11 heteroatoms. The Morgan fingerprint density at radius 2 is 1.24 bits per heavy atom. The molecule has 5 amide bonds. The largest absolute Gasteiger partial charge is 0.457 e. The van der Waals surface area contributed by atoms with Crippen LogP contribution in [0.25, 0.3) is 0 Å². The number of nitrogens with zero attached hydrogens (tertiary/aromatic N) is 3. The molecular formula is C34H21N3O8. The number of hydrogen-bond donors (Lipinski definition) is 0. The van der Waals surface area contributed by atoms with Gasteiger partial charge in [0, 0.05) is 40.8 Å². The molecule has 8 rings (SSSR count). The predicted molar refractivity (Wildman–Crippen MR) is 155 cm³/mol. The molecule has 4 aromatic carbocycles. The number of anilines is 1. The normalized spacial score (nSPS) is 17.3. The smallest absolute Gasteiger partial charge is 0.352 e. The molecule has 0 aromatic heterocycles. The summed E-state index contributed by atoms with van der Waals surface area (Å²) in [7, 11) is 0. The number of para-hydroxylation sites is 2. The molecule has 45 heavy (non-hydrogen) atoms. The monoisotopic (exact) mass is 599 g/mol. The van der Waals surface area contributed by atoms with Gasteiger partial charge in [0.15, 0.2) is 0 Å². The fraction of sp³-hybridized carbons (Fsp3) is 0.118. The Morgan fingerprint density at radius 1 is 0.667 bits per heavy atom. The van der Waals surface area contributed by atoms with Crippen molar-refractivity contribution in [2.45, 2.75) is 18.4 Å². The molecule has 4 aliphatic rings. The van der Waals surface area contributed by atoms with Crippen molar-refractivity contribution in [3.63, 3.8) is 0 Å². The molecular weight excluding hydrogens is 578 g/mol. The van der Waals surface area contributed by atoms with Gasteiger partial charge in [-0.2, -0.15) is 0 Å². The second-order valence-corrected chi connectivity index (χ2v) is 11.0. The van der Waals surface area contributed by atoms with Gasteiger partial charge >= 0.3 is 5.97 Å². The van der Waals surface area contributed by atoms with Crippen LogP contribution in [-0.2, 0) is 24.8 Å². The van der Waals surface area contributed by atoms with Gasteiger partial charge in [-0.15, -0.1) is 5.06 Å². The number of hydroxylamine groups is 2. The zero-order valence-electron chi connectivity index (χ0n) is 23.4. The Kier molecular flexibility index (Phi) is 5.57. The van der Waals surface area contributed by atoms with Crippen LogP contribution >= 0.6 is 0 Å². The van der Waals surface area contributed by atoms with Gasteiger partial charge < -0.3 is 9.57 Å². The first-order chi connectivity index (χ1) is 21.8. The first-order valence-corrected chi connectivity index (χ1v) is 14.2. The summed E-state index contributed by atoms with van der Waals surface area (Å²) in [4.78, 5) is 84.7. The number of carbonyl (C=O) groups is 6. The maximum atomic E-state index is 14.4. The second kappa shape index (κ2) is 9.45. The highest BCUT2D eigenvalue weighted by Gasteiger charge is 2.57. The summed E-state index contributed by atoms with van der Waals surface area (Å²) < 4.78 is 6.28. The number of hydrogen-bond acceptors (Lipinski definition) is 8. The predicted octanol–water partition coefficient (Wildman–Crippen LogP) is 3.95. The molecule has 0 bridgehead atoms. The molecule has 0 saturated carbocycles. The first kappa shape index (κ1) is 26.5. The van der Waals surface area contributed by atoms with Gasteiger partial charge in [0.2, 0.25) is 0 Å². The third kappa shape index (κ3) is 3.57. The van der Waals surface area contributed by atoms with Crippen LogP contribution in [0.4, 0.5) is 5.69 Å². The van der Waals surface area contributed by atoms with E-state index in [4.69, 9.17) is 9.57 Å². The topological polar surface area (TPSA) is 131 Å². The Labute approximate surface area is 255 Å². The number of rotatable bonds is 4. The number of carbonyl (C=O) groups excluding carboxylic acids is 6. The molecule has 4 heterocycles. The van der Waals surface area contributed by atoms with E-state index in [-0.39, 0.29) is 29.9 Å². The number of imide groups is 2. The molecule has 220 valence electrons. The van der Waals surface area contributed by atoms with Gasteiger partial charge in [-0.25, -0.2) is 4.79 Å². The molecule has 4 aromatic rings. The van der Waals surface area contributed by atoms with Crippen LogP contribution in [0, 0.1) is 0 Å². The van der Waals surface area contributed by atoms with E-state index in [0.717, 1.165) is 16.7 Å². The first-order valence-electron chi connectivity index (χ1n) is 14.2. The van der Waals surface area contributed by atoms with Crippen molar-refractivity contribution in [2.75, 3.05) is 11.4 Å². The maximum Gasteiger partial charge on any atom is 0.352 e. The lowest BCUT2D eigenvalue weighted by molar-refractivity contribution is -0.197. The highest BCUT2D eigenvalue weighted by molar-refractivity contribution is 6.23. The third-order valence-electron chi connectivity index (χ3n) is 8.56. The van der Waals surface area contributed by atoms with Crippen molar-refractivity contribution in [2.24, 2.45) is 0 Å². The molecule has 0 aliphatic carbocycles. The van der Waals surface area contributed by atoms with Crippen molar-refractivity contribution in [3.8, 4) is 11.5 Å². The number of fused-ring (bicyclic) bond motifs is 7. The standard InChI is InChI=1S/C34H21N3O8/c38-28-15-16-29(39)37(28)45-30(40)18-35-31(41)20-14-13-19(17-22(20)32(35)42)36-33(43)21-7-1-2-8-23(21)34(36)24-9-3-5-11-26(24)44-27-12-6-4-10-25(27)34/h1-14,17H,15-16,18H2. The molecule has 1 fully saturated rings. The zero-order valence-corrected chi connectivity index (χ0v) is 23.4. The van der Waals surface area contributed by atoms with Crippen molar-refractivity contribution in [1.82, 2.24) is 9.96 Å². The van der Waals surface area contributed by atoms with Crippen LogP contribution in [0.1, 0.15) is 60.6 Å². The summed E-state index contributed by atoms with van der Waals surface area (Å²) in [6.45, 7) is -0.811. The van der Waals surface area contributed by atoms with Gasteiger partial charge in [-0.05, 0) is 36.4 Å². The number of benzene rings is 4. The van der Waals surface area contributed by atoms with Crippen LogP contribution < -0.4 is 9.64 Å². The minimum absolute atomic E-state index is 0.00818. The molecule has 0 unspecified atom stereocenters. The van der Waals surface area contributed by atoms with Gasteiger partial charge in [0.1, 0.15) is 23.6 Å². The SMILES string of the molecule is O=C(CN1C(=O)c2ccc(N3C(=O)c4ccccc4C34c3ccccc3Oc3ccccc34)cc2C1=O)ON1C(=O)CCC1=O. The van der Waals surface area contributed by atoms with E-state index >= 15 is 0 Å². The molecule has 4 aliphatic heterocycles. The molecule has 0 atom stereocenters. The summed E-state index contributed by atoms with van der Waals surface area (Å²) in [5, 5.41) is 0.359. The van der Waals surface area contributed by atoms with Gasteiger partial charge in [-0.1, -0.05) is 54.6 Å². The molecule has 0 radical (unpaired) electrons. The fourth-order valence-corrected chi connectivity index (χ4v) is 6.67. The van der Waals surface area contributed by atoms with E-state index in [1.807, 2.05) is 60.7 Å². The highest BCUT2D eigenvalue weighted by Crippen LogP contribution is 2.58. The Balaban J connectivity index is 1.23. The molecule has 1 spiro atoms. The highest BCUT2D eigenvalue weighted by atomic mass is 16.7. The van der Waals surface area contributed by atoms with E-state index in [0.29, 0.717) is 32.7 Å². The molecule has 11 nitrogen and oxygen atoms in total. The van der Waals surface area contributed by atoms with E-state index in [9.17, 15) is 28.8 Å². The van der Waals surface area contributed by atoms with Crippen LogP contribution in [-0.4, -0.2) is 52.0 Å². The van der Waals surface area contributed by atoms with Crippen molar-refractivity contribution >= 4 is 41.2 Å². The lowest BCUT2D eigenvalue weighted by Gasteiger charge is -2.44. The summed E-state index contributed by atoms with van der Waals surface area (Å²) in [6, 6.07) is 26.7. The Bertz CT molecular complexity index is 1990. The van der Waals surface area contributed by atoms with Gasteiger partial charge in [0.25, 0.3) is 29.5 Å². The quantitative estimate of drug-likeness (QED) is 0.323. The lowest BCUT2D eigenvalue weighted by Crippen LogP contribution is -2.47. The lowest BCUT2D eigenvalue weighted by atomic mass is 9.74. The minimum atomic E-state index is -1.17. The van der Waals surface area contributed by atoms with E-state index in [1.54, 1.807) is 23.1 Å². The average molecular weight is 600 g/mol. The fourth-order valence-electron chi connectivity index (χ4n) is 6.67. The van der Waals surface area contributed by atoms with Crippen LogP contribution in [0.15, 0.2) is 91.0 Å². The molecule has 1 saturated heterocycles. The van der Waals surface area contributed by atoms with Crippen molar-refractivity contribution < 1.29 is 38.3 Å². The van der Waals surface area contributed by atoms with Crippen LogP contribution in [0.3, 0.4) is 0 Å². The number of ether oxygens (including phenoxy) is 1. The Morgan fingerprint density at radius 3 is 1.91 bits per heavy atom. The van der Waals surface area contributed by atoms with Crippen LogP contribution in [0.5, 0.6) is 11.5 Å². The zero-order chi connectivity index (χ0) is 31.0. The summed E-state index contributed by atoms with van der Waals surface area (Å²) in [6.07, 6.45) is -0.187. The van der Waals surface area contributed by atoms with Gasteiger partial charge in [-0.3, -0.25) is 33.8 Å².